The van der Waals surface area contributed by atoms with Crippen molar-refractivity contribution >= 4 is 28.7 Å². The number of non-ortho nitro benzene ring substituents is 1. The molecule has 0 radical (unpaired) electrons. The Morgan fingerprint density at radius 1 is 1.00 bits per heavy atom. The fourth-order valence-electron chi connectivity index (χ4n) is 2.61. The number of para-hydroxylation sites is 2. The second-order valence-corrected chi connectivity index (χ2v) is 5.26. The predicted octanol–water partition coefficient (Wildman–Crippen LogP) is 4.33. The molecule has 0 N–H and O–H groups in total. The number of methoxy groups -OCH3 is 2. The summed E-state index contributed by atoms with van der Waals surface area (Å²) in [6, 6.07) is 14.1. The molecule has 0 atom stereocenters. The first kappa shape index (κ1) is 16.4. The molecule has 0 saturated carbocycles. The van der Waals surface area contributed by atoms with Crippen LogP contribution in [0.15, 0.2) is 48.5 Å². The molecule has 3 aromatic rings. The molecule has 6 nitrogen and oxygen atoms in total. The highest BCUT2D eigenvalue weighted by Crippen LogP contribution is 2.32. The molecule has 126 valence electrons. The number of nitro benzene ring substituents is 1. The Bertz CT molecular complexity index is 967. The maximum atomic E-state index is 11.2. The first-order chi connectivity index (χ1) is 12.1. The fourth-order valence-corrected chi connectivity index (χ4v) is 2.61. The lowest BCUT2D eigenvalue weighted by Crippen LogP contribution is -1.93. The highest BCUT2D eigenvalue weighted by Gasteiger charge is 2.12. The van der Waals surface area contributed by atoms with Gasteiger partial charge in [-0.2, -0.15) is 0 Å². The Morgan fingerprint density at radius 2 is 1.80 bits per heavy atom. The monoisotopic (exact) mass is 336 g/mol. The number of aromatic nitrogens is 1. The van der Waals surface area contributed by atoms with Crippen molar-refractivity contribution in [2.45, 2.75) is 0 Å². The van der Waals surface area contributed by atoms with Crippen LogP contribution in [-0.4, -0.2) is 24.1 Å². The number of ether oxygens (including phenoxy) is 2. The first-order valence-electron chi connectivity index (χ1n) is 7.57. The van der Waals surface area contributed by atoms with Crippen LogP contribution in [0.25, 0.3) is 23.1 Å². The van der Waals surface area contributed by atoms with Crippen LogP contribution in [0, 0.1) is 10.1 Å². The number of hydrogen-bond donors (Lipinski definition) is 0. The average Bonchev–Trinajstić information content (AvgIpc) is 2.64. The van der Waals surface area contributed by atoms with Crippen LogP contribution in [0.2, 0.25) is 0 Å². The van der Waals surface area contributed by atoms with Gasteiger partial charge in [0.25, 0.3) is 5.69 Å². The van der Waals surface area contributed by atoms with E-state index in [2.05, 4.69) is 4.98 Å². The third kappa shape index (κ3) is 3.28. The summed E-state index contributed by atoms with van der Waals surface area (Å²) >= 11 is 0. The molecule has 1 aromatic heterocycles. The lowest BCUT2D eigenvalue weighted by atomic mass is 10.1. The minimum Gasteiger partial charge on any atom is -0.493 e. The molecular formula is C19H16N2O4. The van der Waals surface area contributed by atoms with Gasteiger partial charge in [0.2, 0.25) is 0 Å². The second-order valence-electron chi connectivity index (χ2n) is 5.26. The minimum atomic E-state index is -0.423. The van der Waals surface area contributed by atoms with E-state index in [1.165, 1.54) is 6.07 Å². The molecule has 0 aliphatic heterocycles. The van der Waals surface area contributed by atoms with Crippen LogP contribution in [0.1, 0.15) is 11.3 Å². The van der Waals surface area contributed by atoms with Gasteiger partial charge in [0.05, 0.1) is 24.8 Å². The van der Waals surface area contributed by atoms with E-state index < -0.39 is 4.92 Å². The normalized spacial score (nSPS) is 11.0. The summed E-state index contributed by atoms with van der Waals surface area (Å²) in [6.45, 7) is 0. The summed E-state index contributed by atoms with van der Waals surface area (Å²) in [5.41, 5.74) is 1.80. The number of fused-ring (bicyclic) bond motifs is 1. The van der Waals surface area contributed by atoms with Crippen LogP contribution < -0.4 is 9.47 Å². The average molecular weight is 336 g/mol. The van der Waals surface area contributed by atoms with Gasteiger partial charge in [0.1, 0.15) is 5.52 Å². The van der Waals surface area contributed by atoms with Crippen LogP contribution in [-0.2, 0) is 0 Å². The van der Waals surface area contributed by atoms with Crippen molar-refractivity contribution in [3.05, 3.63) is 69.9 Å². The lowest BCUT2D eigenvalue weighted by molar-refractivity contribution is -0.383. The zero-order valence-corrected chi connectivity index (χ0v) is 13.8. The molecule has 2 aromatic carbocycles. The highest BCUT2D eigenvalue weighted by atomic mass is 16.6. The maximum absolute atomic E-state index is 11.2. The lowest BCUT2D eigenvalue weighted by Gasteiger charge is -2.09. The van der Waals surface area contributed by atoms with Crippen molar-refractivity contribution < 1.29 is 14.4 Å². The molecule has 0 spiro atoms. The molecule has 0 aliphatic carbocycles. The SMILES string of the molecule is COc1cccc(C=Cc2ccc3cccc([N+](=O)[O-])c3n2)c1OC. The van der Waals surface area contributed by atoms with Gasteiger partial charge in [-0.05, 0) is 24.3 Å². The summed E-state index contributed by atoms with van der Waals surface area (Å²) in [5, 5.41) is 11.9. The van der Waals surface area contributed by atoms with Gasteiger partial charge in [-0.1, -0.05) is 30.3 Å². The highest BCUT2D eigenvalue weighted by molar-refractivity contribution is 5.88. The van der Waals surface area contributed by atoms with Gasteiger partial charge in [-0.3, -0.25) is 10.1 Å². The predicted molar refractivity (Wildman–Crippen MR) is 96.9 cm³/mol. The number of hydrogen-bond acceptors (Lipinski definition) is 5. The van der Waals surface area contributed by atoms with Crippen molar-refractivity contribution in [1.82, 2.24) is 4.98 Å². The van der Waals surface area contributed by atoms with Crippen molar-refractivity contribution in [3.63, 3.8) is 0 Å². The Kier molecular flexibility index (Phi) is 4.61. The van der Waals surface area contributed by atoms with Crippen molar-refractivity contribution in [1.29, 1.82) is 0 Å². The largest absolute Gasteiger partial charge is 0.493 e. The smallest absolute Gasteiger partial charge is 0.295 e. The van der Waals surface area contributed by atoms with Crippen LogP contribution in [0.3, 0.4) is 0 Å². The number of nitrogens with zero attached hydrogens (tertiary/aromatic N) is 2. The zero-order chi connectivity index (χ0) is 17.8. The van der Waals surface area contributed by atoms with Gasteiger partial charge >= 0.3 is 0 Å². The first-order valence-corrected chi connectivity index (χ1v) is 7.57. The molecule has 0 fully saturated rings. The topological polar surface area (TPSA) is 74.5 Å². The summed E-state index contributed by atoms with van der Waals surface area (Å²) in [5.74, 6) is 1.25. The minimum absolute atomic E-state index is 0.00768. The summed E-state index contributed by atoms with van der Waals surface area (Å²) in [4.78, 5) is 15.2. The Balaban J connectivity index is 2.02. The van der Waals surface area contributed by atoms with E-state index in [4.69, 9.17) is 9.47 Å². The Hall–Kier alpha value is -3.41. The Labute approximate surface area is 144 Å². The molecular weight excluding hydrogens is 320 g/mol. The molecule has 6 heteroatoms. The van der Waals surface area contributed by atoms with Crippen molar-refractivity contribution in [3.8, 4) is 11.5 Å². The van der Waals surface area contributed by atoms with E-state index >= 15 is 0 Å². The molecule has 0 saturated heterocycles. The number of nitro groups is 1. The van der Waals surface area contributed by atoms with Crippen molar-refractivity contribution in [2.24, 2.45) is 0 Å². The second kappa shape index (κ2) is 7.00. The fraction of sp³-hybridized carbons (Fsp3) is 0.105. The van der Waals surface area contributed by atoms with Crippen molar-refractivity contribution in [2.75, 3.05) is 14.2 Å². The number of benzene rings is 2. The van der Waals surface area contributed by atoms with E-state index in [0.717, 1.165) is 10.9 Å². The quantitative estimate of drug-likeness (QED) is 0.512. The van der Waals surface area contributed by atoms with Gasteiger partial charge in [-0.25, -0.2) is 4.98 Å². The maximum Gasteiger partial charge on any atom is 0.295 e. The molecule has 0 bridgehead atoms. The van der Waals surface area contributed by atoms with Gasteiger partial charge in [0.15, 0.2) is 11.5 Å². The Morgan fingerprint density at radius 3 is 2.52 bits per heavy atom. The molecule has 0 amide bonds. The van der Waals surface area contributed by atoms with Crippen LogP contribution in [0.4, 0.5) is 5.69 Å². The molecule has 0 aliphatic rings. The van der Waals surface area contributed by atoms with Crippen LogP contribution >= 0.6 is 0 Å². The molecule has 1 heterocycles. The third-order valence-electron chi connectivity index (χ3n) is 3.78. The summed E-state index contributed by atoms with van der Waals surface area (Å²) in [6.07, 6.45) is 3.62. The zero-order valence-electron chi connectivity index (χ0n) is 13.8. The van der Waals surface area contributed by atoms with Crippen LogP contribution in [0.5, 0.6) is 11.5 Å². The van der Waals surface area contributed by atoms with Gasteiger partial charge in [0, 0.05) is 17.0 Å². The van der Waals surface area contributed by atoms with Gasteiger partial charge in [-0.15, -0.1) is 0 Å². The van der Waals surface area contributed by atoms with E-state index in [0.29, 0.717) is 22.7 Å². The van der Waals surface area contributed by atoms with E-state index in [9.17, 15) is 10.1 Å². The molecule has 0 unspecified atom stereocenters. The van der Waals surface area contributed by atoms with E-state index in [1.54, 1.807) is 32.4 Å². The number of rotatable bonds is 5. The van der Waals surface area contributed by atoms with E-state index in [-0.39, 0.29) is 5.69 Å². The number of pyridine rings is 1. The molecule has 3 rings (SSSR count). The summed E-state index contributed by atoms with van der Waals surface area (Å²) in [7, 11) is 3.15. The summed E-state index contributed by atoms with van der Waals surface area (Å²) < 4.78 is 10.7. The van der Waals surface area contributed by atoms with E-state index in [1.807, 2.05) is 36.4 Å². The standard InChI is InChI=1S/C19H16N2O4/c1-24-17-8-4-6-14(19(17)25-2)10-12-15-11-9-13-5-3-7-16(21(22)23)18(13)20-15/h3-12H,1-2H3. The van der Waals surface area contributed by atoms with Gasteiger partial charge < -0.3 is 9.47 Å². The third-order valence-corrected chi connectivity index (χ3v) is 3.78. The molecule has 25 heavy (non-hydrogen) atoms.